The Morgan fingerprint density at radius 2 is 2.00 bits per heavy atom. The molecule has 0 saturated carbocycles. The molecule has 1 N–H and O–H groups in total. The highest BCUT2D eigenvalue weighted by molar-refractivity contribution is 7.94. The van der Waals surface area contributed by atoms with Crippen molar-refractivity contribution in [3.05, 3.63) is 46.8 Å². The number of fused-ring (bicyclic) bond motifs is 1. The van der Waals surface area contributed by atoms with Gasteiger partial charge in [0.1, 0.15) is 4.21 Å². The fourth-order valence-electron chi connectivity index (χ4n) is 2.67. The van der Waals surface area contributed by atoms with Crippen LogP contribution in [0, 0.1) is 0 Å². The summed E-state index contributed by atoms with van der Waals surface area (Å²) < 4.78 is 32.2. The highest BCUT2D eigenvalue weighted by Crippen LogP contribution is 2.28. The van der Waals surface area contributed by atoms with Crippen molar-refractivity contribution in [2.75, 3.05) is 4.72 Å². The molecule has 0 radical (unpaired) electrons. The molecule has 0 saturated heterocycles. The Balaban J connectivity index is 1.60. The third-order valence-corrected chi connectivity index (χ3v) is 6.47. The monoisotopic (exact) mass is 347 g/mol. The summed E-state index contributed by atoms with van der Waals surface area (Å²) in [6, 6.07) is 9.09. The van der Waals surface area contributed by atoms with Crippen LogP contribution in [-0.4, -0.2) is 18.6 Å². The Morgan fingerprint density at radius 1 is 1.13 bits per heavy atom. The first-order valence-electron chi connectivity index (χ1n) is 7.14. The van der Waals surface area contributed by atoms with E-state index in [0.29, 0.717) is 5.89 Å². The van der Waals surface area contributed by atoms with Gasteiger partial charge in [0.25, 0.3) is 10.0 Å². The lowest BCUT2D eigenvalue weighted by molar-refractivity contribution is 0.578. The molecule has 3 aromatic rings. The Kier molecular flexibility index (Phi) is 3.42. The van der Waals surface area contributed by atoms with Crippen LogP contribution in [0.15, 0.2) is 44.3 Å². The fraction of sp³-hybridized carbons (Fsp3) is 0.200. The number of hydrogen-bond acceptors (Lipinski definition) is 6. The number of anilines is 1. The molecule has 1 aliphatic rings. The molecule has 0 bridgehead atoms. The predicted octanol–water partition coefficient (Wildman–Crippen LogP) is 3.09. The summed E-state index contributed by atoms with van der Waals surface area (Å²) in [7, 11) is -3.68. The number of aryl methyl sites for hydroxylation is 2. The van der Waals surface area contributed by atoms with Gasteiger partial charge in [0.15, 0.2) is 0 Å². The van der Waals surface area contributed by atoms with Crippen LogP contribution in [0.2, 0.25) is 0 Å². The van der Waals surface area contributed by atoms with E-state index in [1.807, 2.05) is 12.1 Å². The number of aromatic nitrogens is 2. The molecule has 6 nitrogen and oxygen atoms in total. The van der Waals surface area contributed by atoms with E-state index in [4.69, 9.17) is 4.42 Å². The quantitative estimate of drug-likeness (QED) is 0.784. The molecule has 8 heteroatoms. The Bertz CT molecular complexity index is 946. The number of nitrogens with zero attached hydrogens (tertiary/aromatic N) is 2. The van der Waals surface area contributed by atoms with Crippen molar-refractivity contribution in [1.29, 1.82) is 0 Å². The third kappa shape index (κ3) is 2.75. The number of hydrogen-bond donors (Lipinski definition) is 1. The maximum Gasteiger partial charge on any atom is 0.330 e. The largest absolute Gasteiger partial charge is 0.403 e. The average molecular weight is 347 g/mol. The van der Waals surface area contributed by atoms with E-state index in [-0.39, 0.29) is 10.2 Å². The zero-order chi connectivity index (χ0) is 15.9. The van der Waals surface area contributed by atoms with Gasteiger partial charge in [0, 0.05) is 5.56 Å². The van der Waals surface area contributed by atoms with Crippen LogP contribution < -0.4 is 4.72 Å². The second-order valence-electron chi connectivity index (χ2n) is 5.29. The molecule has 0 atom stereocenters. The summed E-state index contributed by atoms with van der Waals surface area (Å²) in [5.41, 5.74) is 3.45. The second kappa shape index (κ2) is 5.47. The van der Waals surface area contributed by atoms with Crippen molar-refractivity contribution >= 4 is 27.4 Å². The Morgan fingerprint density at radius 3 is 2.83 bits per heavy atom. The number of rotatable bonds is 4. The van der Waals surface area contributed by atoms with Gasteiger partial charge in [-0.05, 0) is 54.0 Å². The molecule has 23 heavy (non-hydrogen) atoms. The lowest BCUT2D eigenvalue weighted by atomic mass is 10.1. The SMILES string of the molecule is O=S(=O)(Nc1nnc(-c2ccc3c(c2)CCC3)o1)c1cccs1. The minimum Gasteiger partial charge on any atom is -0.403 e. The number of benzene rings is 1. The number of nitrogens with one attached hydrogen (secondary N) is 1. The predicted molar refractivity (Wildman–Crippen MR) is 86.9 cm³/mol. The molecule has 118 valence electrons. The minimum atomic E-state index is -3.68. The molecule has 2 aromatic heterocycles. The molecule has 0 spiro atoms. The van der Waals surface area contributed by atoms with Gasteiger partial charge in [-0.25, -0.2) is 13.1 Å². The van der Waals surface area contributed by atoms with Crippen molar-refractivity contribution in [3.63, 3.8) is 0 Å². The average Bonchev–Trinajstić information content (AvgIpc) is 3.27. The lowest BCUT2D eigenvalue weighted by Gasteiger charge is -2.01. The summed E-state index contributed by atoms with van der Waals surface area (Å²) in [5.74, 6) is 0.309. The van der Waals surface area contributed by atoms with Crippen LogP contribution >= 0.6 is 11.3 Å². The van der Waals surface area contributed by atoms with Gasteiger partial charge in [0.2, 0.25) is 5.89 Å². The van der Waals surface area contributed by atoms with Crippen LogP contribution in [0.5, 0.6) is 0 Å². The molecule has 1 aliphatic carbocycles. The van der Waals surface area contributed by atoms with Crippen LogP contribution in [0.3, 0.4) is 0 Å². The molecule has 0 amide bonds. The van der Waals surface area contributed by atoms with Gasteiger partial charge in [0.05, 0.1) is 0 Å². The molecule has 1 aromatic carbocycles. The minimum absolute atomic E-state index is 0.131. The molecular weight excluding hydrogens is 334 g/mol. The van der Waals surface area contributed by atoms with Gasteiger partial charge in [-0.15, -0.1) is 16.4 Å². The second-order valence-corrected chi connectivity index (χ2v) is 8.14. The molecule has 4 rings (SSSR count). The van der Waals surface area contributed by atoms with Gasteiger partial charge in [-0.3, -0.25) is 0 Å². The van der Waals surface area contributed by atoms with Crippen molar-refractivity contribution < 1.29 is 12.8 Å². The topological polar surface area (TPSA) is 85.1 Å². The maximum absolute atomic E-state index is 12.1. The summed E-state index contributed by atoms with van der Waals surface area (Å²) >= 11 is 1.13. The van der Waals surface area contributed by atoms with E-state index >= 15 is 0 Å². The van der Waals surface area contributed by atoms with Gasteiger partial charge >= 0.3 is 6.01 Å². The summed E-state index contributed by atoms with van der Waals surface area (Å²) in [6.07, 6.45) is 3.31. The first-order chi connectivity index (χ1) is 11.1. The van der Waals surface area contributed by atoms with E-state index in [1.54, 1.807) is 11.4 Å². The van der Waals surface area contributed by atoms with E-state index in [1.165, 1.54) is 17.2 Å². The van der Waals surface area contributed by atoms with E-state index < -0.39 is 10.0 Å². The third-order valence-electron chi connectivity index (χ3n) is 3.75. The zero-order valence-electron chi connectivity index (χ0n) is 12.0. The number of sulfonamides is 1. The Labute approximate surface area is 137 Å². The maximum atomic E-state index is 12.1. The van der Waals surface area contributed by atoms with E-state index in [2.05, 4.69) is 21.0 Å². The van der Waals surface area contributed by atoms with Crippen LogP contribution in [-0.2, 0) is 22.9 Å². The van der Waals surface area contributed by atoms with Crippen molar-refractivity contribution in [1.82, 2.24) is 10.2 Å². The summed E-state index contributed by atoms with van der Waals surface area (Å²) in [4.78, 5) is 0. The van der Waals surface area contributed by atoms with Gasteiger partial charge < -0.3 is 4.42 Å². The highest BCUT2D eigenvalue weighted by atomic mass is 32.2. The lowest BCUT2D eigenvalue weighted by Crippen LogP contribution is -2.11. The molecule has 0 unspecified atom stereocenters. The van der Waals surface area contributed by atoms with E-state index in [9.17, 15) is 8.42 Å². The molecule has 2 heterocycles. The smallest absolute Gasteiger partial charge is 0.330 e. The van der Waals surface area contributed by atoms with Crippen LogP contribution in [0.1, 0.15) is 17.5 Å². The molecular formula is C15H13N3O3S2. The summed E-state index contributed by atoms with van der Waals surface area (Å²) in [6.45, 7) is 0. The fourth-order valence-corrected chi connectivity index (χ4v) is 4.59. The standard InChI is InChI=1S/C15H13N3O3S2/c19-23(20,13-5-2-8-22-13)18-15-17-16-14(21-15)12-7-6-10-3-1-4-11(10)9-12/h2,5-9H,1,3-4H2,(H,17,18). The first kappa shape index (κ1) is 14.4. The van der Waals surface area contributed by atoms with Crippen molar-refractivity contribution in [3.8, 4) is 11.5 Å². The van der Waals surface area contributed by atoms with Gasteiger partial charge in [-0.1, -0.05) is 17.2 Å². The van der Waals surface area contributed by atoms with Crippen LogP contribution in [0.25, 0.3) is 11.5 Å². The van der Waals surface area contributed by atoms with Crippen LogP contribution in [0.4, 0.5) is 6.01 Å². The zero-order valence-corrected chi connectivity index (χ0v) is 13.7. The van der Waals surface area contributed by atoms with Gasteiger partial charge in [-0.2, -0.15) is 0 Å². The number of thiophene rings is 1. The molecule has 0 fully saturated rings. The normalized spacial score (nSPS) is 13.9. The van der Waals surface area contributed by atoms with Crippen molar-refractivity contribution in [2.24, 2.45) is 0 Å². The highest BCUT2D eigenvalue weighted by Gasteiger charge is 2.20. The van der Waals surface area contributed by atoms with Crippen molar-refractivity contribution in [2.45, 2.75) is 23.5 Å². The molecule has 0 aliphatic heterocycles. The summed E-state index contributed by atoms with van der Waals surface area (Å²) in [5, 5.41) is 9.41. The Hall–Kier alpha value is -2.19. The first-order valence-corrected chi connectivity index (χ1v) is 9.50. The van der Waals surface area contributed by atoms with E-state index in [0.717, 1.165) is 36.2 Å².